The number of hydrogen-bond donors (Lipinski definition) is 8. The summed E-state index contributed by atoms with van der Waals surface area (Å²) in [6, 6.07) is 26.0. The Balaban J connectivity index is 0.905. The number of amides is 4. The second kappa shape index (κ2) is 29.1. The summed E-state index contributed by atoms with van der Waals surface area (Å²) in [6.07, 6.45) is -0.876. The van der Waals surface area contributed by atoms with Crippen molar-refractivity contribution in [1.29, 1.82) is 10.5 Å². The van der Waals surface area contributed by atoms with E-state index in [0.29, 0.717) is 132 Å². The average Bonchev–Trinajstić information content (AvgIpc) is 1.55. The largest absolute Gasteiger partial charge is 0.485 e. The van der Waals surface area contributed by atoms with Crippen LogP contribution in [-0.2, 0) is 81.8 Å². The van der Waals surface area contributed by atoms with Gasteiger partial charge in [-0.05, 0) is 118 Å². The van der Waals surface area contributed by atoms with Gasteiger partial charge in [0.05, 0.1) is 100.0 Å². The summed E-state index contributed by atoms with van der Waals surface area (Å²) in [5.41, 5.74) is 7.38. The summed E-state index contributed by atoms with van der Waals surface area (Å²) in [7, 11) is -17.7. The first kappa shape index (κ1) is 73.2. The molecule has 0 unspecified atom stereocenters. The number of thiophene rings is 2. The zero-order valence-electron chi connectivity index (χ0n) is 54.3. The number of hydrogen-bond acceptors (Lipinski definition) is 25. The van der Waals surface area contributed by atoms with Crippen LogP contribution in [0.3, 0.4) is 0 Å². The maximum Gasteiger partial charge on any atom is 0.266 e. The molecular formula is C66H60N10O20S8. The number of ether oxygens (including phenoxy) is 4. The molecule has 0 bridgehead atoms. The molecule has 6 heterocycles. The second-order valence-electron chi connectivity index (χ2n) is 24.9. The summed E-state index contributed by atoms with van der Waals surface area (Å²) in [4.78, 5) is 56.9. The SMILES string of the molecule is N#Cc1ccc2c(c1)C(CCC(=O)NCCS(=O)(=O)O)(CCC(=O)NCCS(=O)(=O)O)c1cc(-c3sc(-c4c5c(c(-c6sc(-c7ccc8c(c7)C(CCC(=O)NCCS(=O)(=O)O)(CCC(=O)NCCS(=O)(=O)O)c7cc(C#N)ccc7-8)c7c6OCCO7)c6nsnc46)N=S=N5)c4c3OCCO4)ccc1-2. The molecule has 0 radical (unpaired) electrons. The Morgan fingerprint density at radius 1 is 0.442 bits per heavy atom. The molecule has 8 N–H and O–H groups in total. The minimum Gasteiger partial charge on any atom is -0.485 e. The number of fused-ring (bicyclic) bond motifs is 10. The van der Waals surface area contributed by atoms with Crippen molar-refractivity contribution in [1.82, 2.24) is 30.0 Å². The first-order valence-corrected chi connectivity index (χ1v) is 41.6. The number of nitriles is 2. The molecule has 0 fully saturated rings. The zero-order chi connectivity index (χ0) is 73.7. The monoisotopic (exact) mass is 1570 g/mol. The van der Waals surface area contributed by atoms with E-state index >= 15 is 0 Å². The van der Waals surface area contributed by atoms with Crippen molar-refractivity contribution in [2.24, 2.45) is 8.73 Å². The van der Waals surface area contributed by atoms with Crippen molar-refractivity contribution in [2.45, 2.75) is 62.2 Å². The average molecular weight is 1570 g/mol. The summed E-state index contributed by atoms with van der Waals surface area (Å²) in [5.74, 6) is -3.78. The van der Waals surface area contributed by atoms with Crippen LogP contribution in [0.15, 0.2) is 81.5 Å². The van der Waals surface area contributed by atoms with Gasteiger partial charge in [-0.15, -0.1) is 22.7 Å². The predicted molar refractivity (Wildman–Crippen MR) is 385 cm³/mol. The topological polar surface area (TPSA) is 469 Å². The van der Waals surface area contributed by atoms with Crippen LogP contribution in [0.2, 0.25) is 0 Å². The third kappa shape index (κ3) is 15.0. The van der Waals surface area contributed by atoms with Crippen LogP contribution in [0, 0.1) is 22.7 Å². The van der Waals surface area contributed by atoms with E-state index in [4.69, 9.17) is 36.4 Å². The first-order valence-electron chi connectivity index (χ1n) is 32.1. The van der Waals surface area contributed by atoms with Crippen molar-refractivity contribution in [2.75, 3.05) is 75.6 Å². The molecule has 0 saturated heterocycles. The van der Waals surface area contributed by atoms with Gasteiger partial charge >= 0.3 is 0 Å². The molecule has 542 valence electrons. The van der Waals surface area contributed by atoms with Crippen molar-refractivity contribution in [3.63, 3.8) is 0 Å². The lowest BCUT2D eigenvalue weighted by Crippen LogP contribution is -2.34. The molecule has 0 saturated carbocycles. The maximum absolute atomic E-state index is 13.6. The van der Waals surface area contributed by atoms with Gasteiger partial charge in [0.15, 0.2) is 23.0 Å². The molecule has 3 aromatic heterocycles. The zero-order valence-corrected chi connectivity index (χ0v) is 60.9. The minimum atomic E-state index is -4.43. The van der Waals surface area contributed by atoms with E-state index in [1.54, 1.807) is 36.4 Å². The molecule has 3 aliphatic heterocycles. The van der Waals surface area contributed by atoms with Crippen LogP contribution in [-0.4, -0.2) is 160 Å². The van der Waals surface area contributed by atoms with E-state index in [1.807, 2.05) is 36.4 Å². The van der Waals surface area contributed by atoms with Crippen LogP contribution in [0.5, 0.6) is 23.0 Å². The number of carbonyl (C=O) groups excluding carboxylic acids is 4. The molecule has 38 heteroatoms. The highest BCUT2D eigenvalue weighted by Crippen LogP contribution is 2.65. The van der Waals surface area contributed by atoms with Crippen LogP contribution in [0.25, 0.3) is 75.0 Å². The number of nitrogens with one attached hydrogen (secondary N) is 4. The number of carbonyl (C=O) groups is 4. The highest BCUT2D eigenvalue weighted by molar-refractivity contribution is 7.86. The predicted octanol–water partition coefficient (Wildman–Crippen LogP) is 8.16. The van der Waals surface area contributed by atoms with Gasteiger partial charge < -0.3 is 40.2 Å². The fourth-order valence-electron chi connectivity index (χ4n) is 14.0. The van der Waals surface area contributed by atoms with Gasteiger partial charge in [-0.2, -0.15) is 61.7 Å². The Kier molecular flexibility index (Phi) is 20.4. The molecule has 5 aliphatic rings. The standard InChI is InChI=1S/C66H60N10O20S8/c67-33-35-1-5-39-41-7-3-37(31-45(41)65(43(39)29-35,13-9-47(77)69-17-25-101(81,82)83)14-10-48(78)70-18-26-102(84,85)86)61-57-59(95-23-21-93-57)63(97-61)51-53-55(75-99-73-53)52(56-54(51)74-100-76-56)64-60-58(94-22-24-96-60)62(98-64)38-4-8-42-40-6-2-36(34-68)30-44(40)66(46(42)32-38,15-11-49(79)71-19-27-103(87,88)89)16-12-50(80)72-20-28-104(90,91)92/h1-8,29-32H,9-28H2,(H,69,77)(H,70,78)(H,71,79)(H,72,80)(H,81,82,83)(H,84,85,86)(H,87,88,89)(H,90,91,92). The lowest BCUT2D eigenvalue weighted by molar-refractivity contribution is -0.122. The van der Waals surface area contributed by atoms with E-state index < -0.39 is 124 Å². The molecule has 4 amide bonds. The lowest BCUT2D eigenvalue weighted by atomic mass is 9.70. The Morgan fingerprint density at radius 3 is 1.05 bits per heavy atom. The van der Waals surface area contributed by atoms with Crippen LogP contribution < -0.4 is 40.2 Å². The van der Waals surface area contributed by atoms with Crippen molar-refractivity contribution in [3.05, 3.63) is 106 Å². The summed E-state index contributed by atoms with van der Waals surface area (Å²) in [6.45, 7) is -0.984. The normalized spacial score (nSPS) is 14.8. The van der Waals surface area contributed by atoms with Crippen molar-refractivity contribution in [3.8, 4) is 99.2 Å². The highest BCUT2D eigenvalue weighted by atomic mass is 32.2. The van der Waals surface area contributed by atoms with Gasteiger partial charge in [0.1, 0.15) is 48.8 Å². The van der Waals surface area contributed by atoms with Gasteiger partial charge in [-0.3, -0.25) is 37.4 Å². The molecule has 13 rings (SSSR count). The summed E-state index contributed by atoms with van der Waals surface area (Å²) >= 11 is 4.50. The molecule has 104 heavy (non-hydrogen) atoms. The molecule has 2 aliphatic carbocycles. The number of aromatic nitrogens is 2. The Hall–Kier alpha value is -9.16. The van der Waals surface area contributed by atoms with Crippen LogP contribution >= 0.6 is 34.4 Å². The van der Waals surface area contributed by atoms with Gasteiger partial charge in [0.25, 0.3) is 40.5 Å². The van der Waals surface area contributed by atoms with E-state index in [0.717, 1.165) is 23.1 Å². The van der Waals surface area contributed by atoms with Gasteiger partial charge in [-0.25, -0.2) is 0 Å². The van der Waals surface area contributed by atoms with Crippen LogP contribution in [0.4, 0.5) is 11.4 Å². The van der Waals surface area contributed by atoms with E-state index in [2.05, 4.69) is 33.4 Å². The molecule has 0 spiro atoms. The van der Waals surface area contributed by atoms with Gasteiger partial charge in [0, 0.05) is 62.7 Å². The van der Waals surface area contributed by atoms with Crippen molar-refractivity contribution < 1.29 is 90.0 Å². The van der Waals surface area contributed by atoms with Gasteiger partial charge in [-0.1, -0.05) is 36.4 Å². The minimum absolute atomic E-state index is 0.00789. The fraction of sp³-hybridized carbons (Fsp3) is 0.333. The molecular weight excluding hydrogens is 1510 g/mol. The van der Waals surface area contributed by atoms with Crippen LogP contribution in [0.1, 0.15) is 84.7 Å². The Morgan fingerprint density at radius 2 is 0.740 bits per heavy atom. The maximum atomic E-state index is 13.6. The quantitative estimate of drug-likeness (QED) is 0.0214. The van der Waals surface area contributed by atoms with E-state index in [-0.39, 0.29) is 88.9 Å². The molecule has 0 atom stereocenters. The number of nitrogens with zero attached hydrogens (tertiary/aromatic N) is 6. The van der Waals surface area contributed by atoms with Crippen molar-refractivity contribution >= 4 is 132 Å². The Bertz CT molecular complexity index is 5140. The third-order valence-corrected chi connectivity index (χ3v) is 24.9. The second-order valence-corrected chi connectivity index (χ2v) is 34.3. The molecule has 30 nitrogen and oxygen atoms in total. The molecule has 5 aromatic carbocycles. The highest BCUT2D eigenvalue weighted by Gasteiger charge is 2.47. The third-order valence-electron chi connectivity index (χ3n) is 18.5. The Labute approximate surface area is 610 Å². The first-order chi connectivity index (χ1) is 49.6. The lowest BCUT2D eigenvalue weighted by Gasteiger charge is -2.32. The van der Waals surface area contributed by atoms with E-state index in [1.165, 1.54) is 22.7 Å². The number of rotatable bonds is 28. The molecule has 8 aromatic rings. The summed E-state index contributed by atoms with van der Waals surface area (Å²) < 4.78 is 176. The van der Waals surface area contributed by atoms with E-state index in [9.17, 15) is 81.6 Å². The van der Waals surface area contributed by atoms with Gasteiger partial charge in [0.2, 0.25) is 23.6 Å². The fourth-order valence-corrected chi connectivity index (χ4v) is 19.0. The summed E-state index contributed by atoms with van der Waals surface area (Å²) in [5, 5.41) is 30.7. The number of benzene rings is 5. The smallest absolute Gasteiger partial charge is 0.266 e.